The zero-order chi connectivity index (χ0) is 19.0. The predicted octanol–water partition coefficient (Wildman–Crippen LogP) is 7.83. The van der Waals surface area contributed by atoms with Gasteiger partial charge < -0.3 is 0 Å². The van der Waals surface area contributed by atoms with Crippen LogP contribution in [0.2, 0.25) is 0 Å². The Kier molecular flexibility index (Phi) is 11.2. The van der Waals surface area contributed by atoms with E-state index in [-0.39, 0.29) is 15.8 Å². The first-order chi connectivity index (χ1) is 11.7. The van der Waals surface area contributed by atoms with Crippen LogP contribution >= 0.6 is 15.8 Å². The van der Waals surface area contributed by atoms with E-state index in [4.69, 9.17) is 0 Å². The van der Waals surface area contributed by atoms with Crippen molar-refractivity contribution in [2.75, 3.05) is 37.0 Å². The van der Waals surface area contributed by atoms with Crippen molar-refractivity contribution in [2.24, 2.45) is 23.7 Å². The molecule has 25 heavy (non-hydrogen) atoms. The molecule has 0 atom stereocenters. The quantitative estimate of drug-likeness (QED) is 0.302. The minimum absolute atomic E-state index is 0.162. The van der Waals surface area contributed by atoms with Crippen molar-refractivity contribution < 1.29 is 0 Å². The fraction of sp³-hybridized carbons (Fsp3) is 0.826. The zero-order valence-electron chi connectivity index (χ0n) is 18.3. The van der Waals surface area contributed by atoms with Crippen LogP contribution in [0.15, 0.2) is 23.3 Å². The van der Waals surface area contributed by atoms with Gasteiger partial charge in [0.05, 0.1) is 0 Å². The first kappa shape index (κ1) is 23.4. The largest absolute Gasteiger partial charge is 0.102 e. The molecular formula is C23H44P2. The average molecular weight is 383 g/mol. The molecule has 1 rings (SSSR count). The molecule has 146 valence electrons. The lowest BCUT2D eigenvalue weighted by Gasteiger charge is -2.25. The van der Waals surface area contributed by atoms with E-state index in [1.807, 2.05) is 5.57 Å². The van der Waals surface area contributed by atoms with Crippen molar-refractivity contribution in [1.29, 1.82) is 0 Å². The molecule has 0 heterocycles. The molecule has 1 aliphatic carbocycles. The number of hydrogen-bond acceptors (Lipinski definition) is 0. The van der Waals surface area contributed by atoms with Gasteiger partial charge in [-0.2, -0.15) is 0 Å². The molecule has 0 aromatic rings. The molecule has 0 bridgehead atoms. The predicted molar refractivity (Wildman–Crippen MR) is 123 cm³/mol. The third-order valence-corrected chi connectivity index (χ3v) is 11.0. The summed E-state index contributed by atoms with van der Waals surface area (Å²) in [5.74, 6) is 3.39. The van der Waals surface area contributed by atoms with E-state index < -0.39 is 0 Å². The number of hydrogen-bond donors (Lipinski definition) is 0. The van der Waals surface area contributed by atoms with Crippen LogP contribution in [-0.4, -0.2) is 37.0 Å². The molecule has 0 aromatic carbocycles. The van der Waals surface area contributed by atoms with Gasteiger partial charge in [0.25, 0.3) is 0 Å². The van der Waals surface area contributed by atoms with Crippen LogP contribution in [0, 0.1) is 23.7 Å². The van der Waals surface area contributed by atoms with E-state index in [0.29, 0.717) is 0 Å². The van der Waals surface area contributed by atoms with Gasteiger partial charge >= 0.3 is 0 Å². The Labute approximate surface area is 161 Å². The minimum atomic E-state index is 0.162. The van der Waals surface area contributed by atoms with Crippen molar-refractivity contribution in [3.8, 4) is 0 Å². The maximum absolute atomic E-state index is 2.49. The third kappa shape index (κ3) is 10.3. The monoisotopic (exact) mass is 382 g/mol. The van der Waals surface area contributed by atoms with Crippen LogP contribution in [0.25, 0.3) is 0 Å². The molecular weight excluding hydrogens is 338 g/mol. The van der Waals surface area contributed by atoms with Crippen molar-refractivity contribution in [3.63, 3.8) is 0 Å². The van der Waals surface area contributed by atoms with Gasteiger partial charge in [-0.25, -0.2) is 0 Å². The molecule has 0 amide bonds. The summed E-state index contributed by atoms with van der Waals surface area (Å²) in [4.78, 5) is 0. The normalized spacial score (nSPS) is 15.4. The van der Waals surface area contributed by atoms with Crippen molar-refractivity contribution in [2.45, 2.75) is 61.8 Å². The summed E-state index contributed by atoms with van der Waals surface area (Å²) in [7, 11) is 0.336. The van der Waals surface area contributed by atoms with Gasteiger partial charge in [-0.1, -0.05) is 73.1 Å². The van der Waals surface area contributed by atoms with Gasteiger partial charge in [0.1, 0.15) is 0 Å². The molecule has 0 N–H and O–H groups in total. The Bertz CT molecular complexity index is 409. The van der Waals surface area contributed by atoms with Gasteiger partial charge in [-0.05, 0) is 72.6 Å². The van der Waals surface area contributed by atoms with Crippen LogP contribution < -0.4 is 0 Å². The topological polar surface area (TPSA) is 0 Å². The molecule has 0 unspecified atom stereocenters. The smallest absolute Gasteiger partial charge is 0.00732 e. The summed E-state index contributed by atoms with van der Waals surface area (Å²) in [6.07, 6.45) is 14.8. The lowest BCUT2D eigenvalue weighted by atomic mass is 10.2. The lowest BCUT2D eigenvalue weighted by Crippen LogP contribution is -2.09. The Morgan fingerprint density at radius 1 is 0.680 bits per heavy atom. The Hall–Kier alpha value is 0.340. The summed E-state index contributed by atoms with van der Waals surface area (Å²) >= 11 is 0. The maximum atomic E-state index is 2.49. The van der Waals surface area contributed by atoms with Crippen molar-refractivity contribution in [3.05, 3.63) is 23.3 Å². The van der Waals surface area contributed by atoms with Crippen molar-refractivity contribution >= 4 is 15.8 Å². The van der Waals surface area contributed by atoms with E-state index in [9.17, 15) is 0 Å². The molecule has 0 radical (unpaired) electrons. The van der Waals surface area contributed by atoms with Gasteiger partial charge in [-0.3, -0.25) is 0 Å². The third-order valence-electron chi connectivity index (χ3n) is 4.44. The highest BCUT2D eigenvalue weighted by molar-refractivity contribution is 7.58. The molecule has 0 saturated carbocycles. The first-order valence-electron chi connectivity index (χ1n) is 10.5. The fourth-order valence-corrected chi connectivity index (χ4v) is 10.5. The van der Waals surface area contributed by atoms with Crippen LogP contribution in [-0.2, 0) is 0 Å². The zero-order valence-corrected chi connectivity index (χ0v) is 20.1. The van der Waals surface area contributed by atoms with E-state index in [2.05, 4.69) is 67.5 Å². The molecule has 2 heteroatoms. The Morgan fingerprint density at radius 2 is 1.08 bits per heavy atom. The SMILES string of the molecule is CC(C)CP(CC1=C(CP(CC(C)C)CC(C)C)CC=C1)CC(C)C. The lowest BCUT2D eigenvalue weighted by molar-refractivity contribution is 0.717. The van der Waals surface area contributed by atoms with Gasteiger partial charge in [0, 0.05) is 0 Å². The summed E-state index contributed by atoms with van der Waals surface area (Å²) < 4.78 is 0. The van der Waals surface area contributed by atoms with E-state index in [1.165, 1.54) is 43.4 Å². The average Bonchev–Trinajstić information content (AvgIpc) is 2.82. The van der Waals surface area contributed by atoms with Crippen LogP contribution in [0.4, 0.5) is 0 Å². The maximum Gasteiger partial charge on any atom is -0.00732 e. The molecule has 0 nitrogen and oxygen atoms in total. The highest BCUT2D eigenvalue weighted by atomic mass is 31.1. The standard InChI is InChI=1S/C23H44P2/c1-18(2)12-24(13-19(3)4)16-22-10-9-11-23(22)17-25(14-20(5)6)15-21(7)8/h9-10,18-21H,11-17H2,1-8H3. The summed E-state index contributed by atoms with van der Waals surface area (Å²) in [5, 5.41) is 0. The fourth-order valence-electron chi connectivity index (χ4n) is 3.91. The van der Waals surface area contributed by atoms with Crippen molar-refractivity contribution in [1.82, 2.24) is 0 Å². The second-order valence-electron chi connectivity index (χ2n) is 9.70. The van der Waals surface area contributed by atoms with Crippen LogP contribution in [0.3, 0.4) is 0 Å². The molecule has 1 aliphatic rings. The second-order valence-corrected chi connectivity index (χ2v) is 14.5. The van der Waals surface area contributed by atoms with E-state index in [0.717, 1.165) is 23.7 Å². The van der Waals surface area contributed by atoms with Gasteiger partial charge in [0.2, 0.25) is 0 Å². The highest BCUT2D eigenvalue weighted by Crippen LogP contribution is 2.47. The van der Waals surface area contributed by atoms with Gasteiger partial charge in [-0.15, -0.1) is 15.8 Å². The summed E-state index contributed by atoms with van der Waals surface area (Å²) in [5.41, 5.74) is 3.56. The van der Waals surface area contributed by atoms with E-state index in [1.54, 1.807) is 5.57 Å². The number of allylic oxidation sites excluding steroid dienone is 4. The Morgan fingerprint density at radius 3 is 1.48 bits per heavy atom. The molecule has 0 aliphatic heterocycles. The summed E-state index contributed by atoms with van der Waals surface area (Å²) in [6.45, 7) is 19.2. The van der Waals surface area contributed by atoms with E-state index >= 15 is 0 Å². The summed E-state index contributed by atoms with van der Waals surface area (Å²) in [6, 6.07) is 0. The second kappa shape index (κ2) is 11.9. The minimum Gasteiger partial charge on any atom is -0.102 e. The highest BCUT2D eigenvalue weighted by Gasteiger charge is 2.20. The molecule has 0 fully saturated rings. The number of rotatable bonds is 12. The molecule has 0 spiro atoms. The molecule has 0 saturated heterocycles. The first-order valence-corrected chi connectivity index (χ1v) is 14.3. The van der Waals surface area contributed by atoms with Crippen LogP contribution in [0.1, 0.15) is 61.8 Å². The molecule has 0 aromatic heterocycles. The Balaban J connectivity index is 2.80. The van der Waals surface area contributed by atoms with Crippen LogP contribution in [0.5, 0.6) is 0 Å². The van der Waals surface area contributed by atoms with Gasteiger partial charge in [0.15, 0.2) is 0 Å².